The Balaban J connectivity index is 2.22. The topological polar surface area (TPSA) is 63.6 Å². The van der Waals surface area contributed by atoms with Gasteiger partial charge in [-0.2, -0.15) is 0 Å². The zero-order valence-electron chi connectivity index (χ0n) is 16.0. The molecule has 0 aliphatic carbocycles. The van der Waals surface area contributed by atoms with Crippen LogP contribution in [0.2, 0.25) is 18.1 Å². The van der Waals surface area contributed by atoms with Crippen LogP contribution < -0.4 is 4.43 Å². The second-order valence-corrected chi connectivity index (χ2v) is 12.7. The predicted molar refractivity (Wildman–Crippen MR) is 106 cm³/mol. The maximum absolute atomic E-state index is 12.7. The van der Waals surface area contributed by atoms with E-state index in [1.807, 2.05) is 6.07 Å². The number of rotatable bonds is 6. The van der Waals surface area contributed by atoms with E-state index in [4.69, 9.17) is 4.43 Å². The Morgan fingerprint density at radius 1 is 0.962 bits per heavy atom. The molecule has 0 radical (unpaired) electrons. The number of hydrogen-bond acceptors (Lipinski definition) is 4. The number of phenolic OH excluding ortho intramolecular Hbond substituents is 1. The molecule has 0 bridgehead atoms. The smallest absolute Gasteiger partial charge is 0.250 e. The molecule has 4 nitrogen and oxygen atoms in total. The Hall–Kier alpha value is -2.40. The van der Waals surface area contributed by atoms with Crippen LogP contribution in [0, 0.1) is 0 Å². The third-order valence-electron chi connectivity index (χ3n) is 4.87. The molecule has 2 rings (SSSR count). The highest BCUT2D eigenvalue weighted by atomic mass is 28.4. The fourth-order valence-corrected chi connectivity index (χ4v) is 3.24. The Kier molecular flexibility index (Phi) is 5.71. The lowest BCUT2D eigenvalue weighted by atomic mass is 10.0. The summed E-state index contributed by atoms with van der Waals surface area (Å²) in [5.41, 5.74) is 0.836. The molecule has 2 aromatic carbocycles. The third-order valence-corrected chi connectivity index (χ3v) is 9.21. The highest BCUT2D eigenvalue weighted by Crippen LogP contribution is 2.38. The van der Waals surface area contributed by atoms with Gasteiger partial charge >= 0.3 is 0 Å². The molecule has 0 saturated carbocycles. The SMILES string of the molecule is CC(C)(C)[Si](C)(C)Oc1ccccc1C(=O)CC(=O)c1ccc(O)cc1. The van der Waals surface area contributed by atoms with Crippen molar-refractivity contribution in [2.45, 2.75) is 45.3 Å². The van der Waals surface area contributed by atoms with Crippen molar-refractivity contribution in [2.75, 3.05) is 0 Å². The number of para-hydroxylation sites is 1. The van der Waals surface area contributed by atoms with Gasteiger partial charge in [0.15, 0.2) is 11.6 Å². The summed E-state index contributed by atoms with van der Waals surface area (Å²) in [4.78, 5) is 25.1. The molecule has 1 N–H and O–H groups in total. The lowest BCUT2D eigenvalue weighted by Gasteiger charge is -2.36. The van der Waals surface area contributed by atoms with E-state index in [2.05, 4.69) is 33.9 Å². The van der Waals surface area contributed by atoms with E-state index >= 15 is 0 Å². The third kappa shape index (κ3) is 4.61. The summed E-state index contributed by atoms with van der Waals surface area (Å²) in [6.07, 6.45) is -0.233. The van der Waals surface area contributed by atoms with Crippen molar-refractivity contribution >= 4 is 19.9 Å². The van der Waals surface area contributed by atoms with E-state index in [9.17, 15) is 14.7 Å². The molecule has 5 heteroatoms. The van der Waals surface area contributed by atoms with E-state index in [0.29, 0.717) is 16.9 Å². The van der Waals surface area contributed by atoms with Gasteiger partial charge in [-0.3, -0.25) is 9.59 Å². The Morgan fingerprint density at radius 3 is 2.12 bits per heavy atom. The van der Waals surface area contributed by atoms with Gasteiger partial charge in [0.25, 0.3) is 8.32 Å². The molecule has 138 valence electrons. The van der Waals surface area contributed by atoms with Gasteiger partial charge in [-0.15, -0.1) is 0 Å². The van der Waals surface area contributed by atoms with Gasteiger partial charge in [-0.1, -0.05) is 32.9 Å². The molecule has 0 aliphatic heterocycles. The van der Waals surface area contributed by atoms with Crippen molar-refractivity contribution in [3.05, 3.63) is 59.7 Å². The number of ketones is 2. The monoisotopic (exact) mass is 370 g/mol. The molecular formula is C21H26O4Si. The summed E-state index contributed by atoms with van der Waals surface area (Å²) in [5.74, 6) is 0.0816. The molecule has 0 saturated heterocycles. The molecule has 0 aromatic heterocycles. The van der Waals surface area contributed by atoms with Crippen LogP contribution in [0.4, 0.5) is 0 Å². The largest absolute Gasteiger partial charge is 0.543 e. The van der Waals surface area contributed by atoms with Crippen LogP contribution in [-0.4, -0.2) is 25.0 Å². The zero-order chi connectivity index (χ0) is 19.5. The van der Waals surface area contributed by atoms with E-state index in [-0.39, 0.29) is 28.8 Å². The van der Waals surface area contributed by atoms with E-state index in [1.165, 1.54) is 24.3 Å². The molecular weight excluding hydrogens is 344 g/mol. The summed E-state index contributed by atoms with van der Waals surface area (Å²) < 4.78 is 6.30. The quantitative estimate of drug-likeness (QED) is 0.429. The lowest BCUT2D eigenvalue weighted by Crippen LogP contribution is -2.44. The first kappa shape index (κ1) is 19.9. The molecule has 0 amide bonds. The zero-order valence-corrected chi connectivity index (χ0v) is 17.0. The van der Waals surface area contributed by atoms with Crippen LogP contribution in [-0.2, 0) is 0 Å². The average molecular weight is 371 g/mol. The number of Topliss-reactive ketones (excluding diaryl/α,β-unsaturated/α-hetero) is 2. The standard InChI is InChI=1S/C21H26O4Si/c1-21(2,3)26(4,5)25-20-9-7-6-8-17(20)19(24)14-18(23)15-10-12-16(22)13-11-15/h6-13,22H,14H2,1-5H3. The summed E-state index contributed by atoms with van der Waals surface area (Å²) in [6.45, 7) is 10.7. The minimum atomic E-state index is -2.10. The van der Waals surface area contributed by atoms with E-state index in [0.717, 1.165) is 0 Å². The number of carbonyl (C=O) groups excluding carboxylic acids is 2. The van der Waals surface area contributed by atoms with Crippen molar-refractivity contribution < 1.29 is 19.1 Å². The highest BCUT2D eigenvalue weighted by molar-refractivity contribution is 6.74. The van der Waals surface area contributed by atoms with Crippen LogP contribution in [0.15, 0.2) is 48.5 Å². The molecule has 0 unspecified atom stereocenters. The van der Waals surface area contributed by atoms with E-state index < -0.39 is 8.32 Å². The number of benzene rings is 2. The van der Waals surface area contributed by atoms with Crippen LogP contribution in [0.25, 0.3) is 0 Å². The second kappa shape index (κ2) is 7.46. The van der Waals surface area contributed by atoms with Gasteiger partial charge < -0.3 is 9.53 Å². The van der Waals surface area contributed by atoms with Crippen LogP contribution in [0.1, 0.15) is 47.9 Å². The summed E-state index contributed by atoms with van der Waals surface area (Å²) in [7, 11) is -2.10. The lowest BCUT2D eigenvalue weighted by molar-refractivity contribution is 0.0893. The van der Waals surface area contributed by atoms with Gasteiger partial charge in [0, 0.05) is 5.56 Å². The van der Waals surface area contributed by atoms with Crippen LogP contribution in [0.3, 0.4) is 0 Å². The molecule has 0 atom stereocenters. The summed E-state index contributed by atoms with van der Waals surface area (Å²) in [6, 6.07) is 13.0. The minimum Gasteiger partial charge on any atom is -0.543 e. The highest BCUT2D eigenvalue weighted by Gasteiger charge is 2.39. The molecule has 0 spiro atoms. The van der Waals surface area contributed by atoms with Crippen LogP contribution in [0.5, 0.6) is 11.5 Å². The minimum absolute atomic E-state index is 0.00498. The number of phenols is 1. The molecule has 26 heavy (non-hydrogen) atoms. The van der Waals surface area contributed by atoms with Gasteiger partial charge in [0.05, 0.1) is 12.0 Å². The fraction of sp³-hybridized carbons (Fsp3) is 0.333. The normalized spacial score (nSPS) is 11.9. The number of carbonyl (C=O) groups is 2. The molecule has 0 fully saturated rings. The second-order valence-electron chi connectivity index (χ2n) is 7.93. The predicted octanol–water partition coefficient (Wildman–Crippen LogP) is 5.23. The van der Waals surface area contributed by atoms with Crippen molar-refractivity contribution in [1.29, 1.82) is 0 Å². The maximum Gasteiger partial charge on any atom is 0.250 e. The summed E-state index contributed by atoms with van der Waals surface area (Å²) in [5, 5.41) is 9.32. The van der Waals surface area contributed by atoms with Crippen molar-refractivity contribution in [1.82, 2.24) is 0 Å². The Bertz CT molecular complexity index is 802. The van der Waals surface area contributed by atoms with Gasteiger partial charge in [-0.05, 0) is 54.5 Å². The van der Waals surface area contributed by atoms with Crippen LogP contribution >= 0.6 is 0 Å². The Morgan fingerprint density at radius 2 is 1.54 bits per heavy atom. The van der Waals surface area contributed by atoms with Gasteiger partial charge in [0.2, 0.25) is 0 Å². The van der Waals surface area contributed by atoms with Gasteiger partial charge in [0.1, 0.15) is 11.5 Å². The first-order valence-corrected chi connectivity index (χ1v) is 11.6. The van der Waals surface area contributed by atoms with E-state index in [1.54, 1.807) is 18.2 Å². The van der Waals surface area contributed by atoms with Gasteiger partial charge in [-0.25, -0.2) is 0 Å². The molecule has 2 aromatic rings. The number of aromatic hydroxyl groups is 1. The first-order chi connectivity index (χ1) is 12.0. The molecule has 0 heterocycles. The van der Waals surface area contributed by atoms with Crippen molar-refractivity contribution in [2.24, 2.45) is 0 Å². The molecule has 0 aliphatic rings. The van der Waals surface area contributed by atoms with Crippen molar-refractivity contribution in [3.8, 4) is 11.5 Å². The number of hydrogen-bond donors (Lipinski definition) is 1. The first-order valence-electron chi connectivity index (χ1n) is 8.65. The Labute approximate surface area is 156 Å². The fourth-order valence-electron chi connectivity index (χ4n) is 2.20. The van der Waals surface area contributed by atoms with Crippen molar-refractivity contribution in [3.63, 3.8) is 0 Å². The maximum atomic E-state index is 12.7. The summed E-state index contributed by atoms with van der Waals surface area (Å²) >= 11 is 0. The average Bonchev–Trinajstić information content (AvgIpc) is 2.54.